The van der Waals surface area contributed by atoms with Crippen LogP contribution in [-0.4, -0.2) is 44.8 Å². The van der Waals surface area contributed by atoms with Gasteiger partial charge in [0.25, 0.3) is 0 Å². The Hall–Kier alpha value is -2.20. The van der Waals surface area contributed by atoms with Gasteiger partial charge < -0.3 is 10.2 Å². The summed E-state index contributed by atoms with van der Waals surface area (Å²) in [7, 11) is -4.38. The molecule has 2 heterocycles. The Balaban J connectivity index is 2.14. The van der Waals surface area contributed by atoms with Crippen molar-refractivity contribution in [2.45, 2.75) is 16.0 Å². The minimum atomic E-state index is -4.92. The van der Waals surface area contributed by atoms with Gasteiger partial charge in [-0.05, 0) is 12.1 Å². The molecule has 0 atom stereocenters. The summed E-state index contributed by atoms with van der Waals surface area (Å²) in [5.74, 6) is 0.115. The first-order valence-electron chi connectivity index (χ1n) is 7.51. The first-order valence-corrected chi connectivity index (χ1v) is 8.99. The van der Waals surface area contributed by atoms with E-state index in [1.54, 1.807) is 11.0 Å². The Labute approximate surface area is 142 Å². The van der Waals surface area contributed by atoms with Crippen LogP contribution in [0, 0.1) is 0 Å². The van der Waals surface area contributed by atoms with Gasteiger partial charge in [-0.25, -0.2) is 8.42 Å². The van der Waals surface area contributed by atoms with Crippen molar-refractivity contribution in [2.75, 3.05) is 31.1 Å². The summed E-state index contributed by atoms with van der Waals surface area (Å²) >= 11 is 0. The van der Waals surface area contributed by atoms with Gasteiger partial charge in [-0.2, -0.15) is 13.2 Å². The molecule has 3 rings (SSSR count). The SMILES string of the molecule is O=S(=O)(c1ccccc1)c1cc(N2CCNCC2)nnc1C(F)(F)F. The van der Waals surface area contributed by atoms with E-state index >= 15 is 0 Å². The van der Waals surface area contributed by atoms with Gasteiger partial charge in [0.2, 0.25) is 9.84 Å². The van der Waals surface area contributed by atoms with Crippen LogP contribution in [0.4, 0.5) is 19.0 Å². The summed E-state index contributed by atoms with van der Waals surface area (Å²) < 4.78 is 65.3. The molecule has 0 bridgehead atoms. The fourth-order valence-electron chi connectivity index (χ4n) is 2.54. The first-order chi connectivity index (χ1) is 11.8. The normalized spacial score (nSPS) is 16.0. The average Bonchev–Trinajstić information content (AvgIpc) is 2.62. The van der Waals surface area contributed by atoms with Crippen LogP contribution in [0.2, 0.25) is 0 Å². The topological polar surface area (TPSA) is 75.2 Å². The van der Waals surface area contributed by atoms with E-state index in [0.29, 0.717) is 26.2 Å². The highest BCUT2D eigenvalue weighted by atomic mass is 32.2. The Morgan fingerprint density at radius 1 is 1.04 bits per heavy atom. The quantitative estimate of drug-likeness (QED) is 0.885. The van der Waals surface area contributed by atoms with Gasteiger partial charge in [-0.1, -0.05) is 18.2 Å². The third kappa shape index (κ3) is 3.59. The molecule has 0 aliphatic carbocycles. The highest BCUT2D eigenvalue weighted by Crippen LogP contribution is 2.35. The number of aromatic nitrogens is 2. The van der Waals surface area contributed by atoms with E-state index in [2.05, 4.69) is 15.5 Å². The number of piperazine rings is 1. The minimum Gasteiger partial charge on any atom is -0.353 e. The molecule has 134 valence electrons. The van der Waals surface area contributed by atoms with Crippen molar-refractivity contribution in [3.05, 3.63) is 42.1 Å². The summed E-state index contributed by atoms with van der Waals surface area (Å²) in [6.45, 7) is 2.27. The predicted octanol–water partition coefficient (Wildman–Crippen LogP) is 1.74. The number of hydrogen-bond acceptors (Lipinski definition) is 6. The van der Waals surface area contributed by atoms with Crippen LogP contribution < -0.4 is 10.2 Å². The number of nitrogens with one attached hydrogen (secondary N) is 1. The highest BCUT2D eigenvalue weighted by molar-refractivity contribution is 7.91. The molecular formula is C15H15F3N4O2S. The van der Waals surface area contributed by atoms with E-state index in [1.165, 1.54) is 24.3 Å². The number of alkyl halides is 3. The summed E-state index contributed by atoms with van der Waals surface area (Å²) in [4.78, 5) is 0.600. The molecule has 1 N–H and O–H groups in total. The summed E-state index contributed by atoms with van der Waals surface area (Å²) in [6.07, 6.45) is -4.92. The van der Waals surface area contributed by atoms with Crippen molar-refractivity contribution in [2.24, 2.45) is 0 Å². The number of benzene rings is 1. The lowest BCUT2D eigenvalue weighted by Gasteiger charge is -2.28. The predicted molar refractivity (Wildman–Crippen MR) is 84.0 cm³/mol. The number of halogens is 3. The third-order valence-corrected chi connectivity index (χ3v) is 5.58. The Morgan fingerprint density at radius 2 is 1.68 bits per heavy atom. The molecule has 1 aliphatic rings. The van der Waals surface area contributed by atoms with Gasteiger partial charge in [0.15, 0.2) is 11.5 Å². The van der Waals surface area contributed by atoms with Gasteiger partial charge in [-0.3, -0.25) is 0 Å². The van der Waals surface area contributed by atoms with Crippen LogP contribution in [0.1, 0.15) is 5.69 Å². The number of sulfone groups is 1. The molecule has 0 amide bonds. The molecule has 0 saturated carbocycles. The van der Waals surface area contributed by atoms with Crippen LogP contribution in [0.15, 0.2) is 46.2 Å². The molecule has 0 spiro atoms. The molecule has 1 saturated heterocycles. The van der Waals surface area contributed by atoms with E-state index in [9.17, 15) is 21.6 Å². The number of hydrogen-bond donors (Lipinski definition) is 1. The molecule has 1 aromatic heterocycles. The van der Waals surface area contributed by atoms with E-state index in [-0.39, 0.29) is 10.7 Å². The molecule has 1 fully saturated rings. The number of nitrogens with zero attached hydrogens (tertiary/aromatic N) is 3. The van der Waals surface area contributed by atoms with Gasteiger partial charge in [0.1, 0.15) is 4.90 Å². The molecule has 0 radical (unpaired) electrons. The molecule has 0 unspecified atom stereocenters. The Kier molecular flexibility index (Phi) is 4.65. The fourth-order valence-corrected chi connectivity index (χ4v) is 3.98. The molecule has 1 aromatic carbocycles. The summed E-state index contributed by atoms with van der Waals surface area (Å²) in [6, 6.07) is 7.95. The van der Waals surface area contributed by atoms with Gasteiger partial charge in [0, 0.05) is 32.2 Å². The van der Waals surface area contributed by atoms with Crippen molar-refractivity contribution in [3.63, 3.8) is 0 Å². The Morgan fingerprint density at radius 3 is 2.28 bits per heavy atom. The largest absolute Gasteiger partial charge is 0.436 e. The molecule has 10 heteroatoms. The van der Waals surface area contributed by atoms with Crippen LogP contribution in [0.5, 0.6) is 0 Å². The van der Waals surface area contributed by atoms with Crippen molar-refractivity contribution in [1.82, 2.24) is 15.5 Å². The van der Waals surface area contributed by atoms with Crippen LogP contribution in [0.25, 0.3) is 0 Å². The van der Waals surface area contributed by atoms with E-state index in [4.69, 9.17) is 0 Å². The van der Waals surface area contributed by atoms with E-state index < -0.39 is 26.6 Å². The second-order valence-electron chi connectivity index (χ2n) is 5.47. The second-order valence-corrected chi connectivity index (χ2v) is 7.38. The van der Waals surface area contributed by atoms with Gasteiger partial charge in [0.05, 0.1) is 4.90 Å². The molecule has 6 nitrogen and oxygen atoms in total. The van der Waals surface area contributed by atoms with Crippen molar-refractivity contribution in [1.29, 1.82) is 0 Å². The fraction of sp³-hybridized carbons (Fsp3) is 0.333. The van der Waals surface area contributed by atoms with Crippen LogP contribution in [-0.2, 0) is 16.0 Å². The lowest BCUT2D eigenvalue weighted by atomic mass is 10.3. The standard InChI is InChI=1S/C15H15F3N4O2S/c16-15(17,18)14-12(25(23,24)11-4-2-1-3-5-11)10-13(20-21-14)22-8-6-19-7-9-22/h1-5,10,19H,6-9H2. The number of anilines is 1. The summed E-state index contributed by atoms with van der Waals surface area (Å²) in [5.41, 5.74) is -1.50. The zero-order valence-electron chi connectivity index (χ0n) is 13.0. The number of rotatable bonds is 3. The van der Waals surface area contributed by atoms with Crippen LogP contribution >= 0.6 is 0 Å². The molecule has 2 aromatic rings. The van der Waals surface area contributed by atoms with Crippen molar-refractivity contribution in [3.8, 4) is 0 Å². The van der Waals surface area contributed by atoms with Crippen molar-refractivity contribution >= 4 is 15.7 Å². The third-order valence-electron chi connectivity index (χ3n) is 3.80. The smallest absolute Gasteiger partial charge is 0.353 e. The first kappa shape index (κ1) is 17.6. The molecule has 1 aliphatic heterocycles. The van der Waals surface area contributed by atoms with E-state index in [1.807, 2.05) is 0 Å². The molecular weight excluding hydrogens is 357 g/mol. The van der Waals surface area contributed by atoms with Gasteiger partial charge >= 0.3 is 6.18 Å². The minimum absolute atomic E-state index is 0.115. The average molecular weight is 372 g/mol. The zero-order valence-corrected chi connectivity index (χ0v) is 13.8. The highest BCUT2D eigenvalue weighted by Gasteiger charge is 2.41. The maximum absolute atomic E-state index is 13.3. The van der Waals surface area contributed by atoms with E-state index in [0.717, 1.165) is 6.07 Å². The maximum Gasteiger partial charge on any atom is 0.436 e. The lowest BCUT2D eigenvalue weighted by Crippen LogP contribution is -2.44. The van der Waals surface area contributed by atoms with Crippen LogP contribution in [0.3, 0.4) is 0 Å². The maximum atomic E-state index is 13.3. The van der Waals surface area contributed by atoms with Gasteiger partial charge in [-0.15, -0.1) is 10.2 Å². The lowest BCUT2D eigenvalue weighted by molar-refractivity contribution is -0.144. The summed E-state index contributed by atoms with van der Waals surface area (Å²) in [5, 5.41) is 9.90. The second kappa shape index (κ2) is 6.60. The molecule has 25 heavy (non-hydrogen) atoms. The zero-order chi connectivity index (χ0) is 18.1. The Bertz CT molecular complexity index is 851. The monoisotopic (exact) mass is 372 g/mol. The van der Waals surface area contributed by atoms with Crippen molar-refractivity contribution < 1.29 is 21.6 Å².